The van der Waals surface area contributed by atoms with Crippen LogP contribution in [0.25, 0.3) is 0 Å². The monoisotopic (exact) mass is 299 g/mol. The number of esters is 1. The Morgan fingerprint density at radius 1 is 1.09 bits per heavy atom. The third-order valence-corrected chi connectivity index (χ3v) is 3.19. The van der Waals surface area contributed by atoms with E-state index < -0.39 is 12.1 Å². The van der Waals surface area contributed by atoms with Gasteiger partial charge in [-0.05, 0) is 37.3 Å². The van der Waals surface area contributed by atoms with Crippen molar-refractivity contribution in [1.82, 2.24) is 0 Å². The van der Waals surface area contributed by atoms with E-state index in [-0.39, 0.29) is 17.2 Å². The second-order valence-electron chi connectivity index (χ2n) is 4.83. The number of benzene rings is 2. The summed E-state index contributed by atoms with van der Waals surface area (Å²) >= 11 is 0. The minimum Gasteiger partial charge on any atom is -0.508 e. The lowest BCUT2D eigenvalue weighted by atomic mass is 10.2. The minimum atomic E-state index is -0.931. The first kappa shape index (κ1) is 15.6. The molecule has 1 amide bonds. The van der Waals surface area contributed by atoms with Crippen molar-refractivity contribution in [1.29, 1.82) is 0 Å². The third-order valence-electron chi connectivity index (χ3n) is 3.19. The molecular formula is C17H17NO4. The van der Waals surface area contributed by atoms with Crippen molar-refractivity contribution in [3.05, 3.63) is 60.2 Å². The first-order valence-corrected chi connectivity index (χ1v) is 6.81. The fraction of sp³-hybridized carbons (Fsp3) is 0.176. The van der Waals surface area contributed by atoms with Crippen LogP contribution in [-0.4, -0.2) is 30.1 Å². The molecule has 1 N–H and O–H groups in total. The average molecular weight is 299 g/mol. The summed E-state index contributed by atoms with van der Waals surface area (Å²) in [5.74, 6) is -1.02. The van der Waals surface area contributed by atoms with Crippen LogP contribution in [0.4, 0.5) is 5.69 Å². The SMILES string of the molecule is C[C@H](OC(=O)c1cccc(O)c1)C(=O)N(C)c1ccccc1. The maximum absolute atomic E-state index is 12.3. The van der Waals surface area contributed by atoms with E-state index in [2.05, 4.69) is 0 Å². The van der Waals surface area contributed by atoms with Crippen LogP contribution in [0, 0.1) is 0 Å². The molecule has 0 aliphatic heterocycles. The van der Waals surface area contributed by atoms with E-state index in [1.807, 2.05) is 18.2 Å². The molecule has 0 aliphatic carbocycles. The number of likely N-dealkylation sites (N-methyl/N-ethyl adjacent to an activating group) is 1. The molecule has 0 bridgehead atoms. The lowest BCUT2D eigenvalue weighted by molar-refractivity contribution is -0.126. The zero-order valence-corrected chi connectivity index (χ0v) is 12.4. The molecule has 0 radical (unpaired) electrons. The maximum Gasteiger partial charge on any atom is 0.339 e. The summed E-state index contributed by atoms with van der Waals surface area (Å²) in [5.41, 5.74) is 0.912. The van der Waals surface area contributed by atoms with E-state index in [1.54, 1.807) is 19.2 Å². The van der Waals surface area contributed by atoms with Crippen molar-refractivity contribution in [2.45, 2.75) is 13.0 Å². The highest BCUT2D eigenvalue weighted by molar-refractivity contribution is 5.98. The highest BCUT2D eigenvalue weighted by Gasteiger charge is 2.23. The highest BCUT2D eigenvalue weighted by Crippen LogP contribution is 2.15. The largest absolute Gasteiger partial charge is 0.508 e. The van der Waals surface area contributed by atoms with Gasteiger partial charge in [0.25, 0.3) is 5.91 Å². The van der Waals surface area contributed by atoms with Gasteiger partial charge in [-0.2, -0.15) is 0 Å². The summed E-state index contributed by atoms with van der Waals surface area (Å²) in [6.07, 6.45) is -0.931. The van der Waals surface area contributed by atoms with Crippen LogP contribution in [0.3, 0.4) is 0 Å². The van der Waals surface area contributed by atoms with Gasteiger partial charge in [0.2, 0.25) is 0 Å². The van der Waals surface area contributed by atoms with E-state index in [1.165, 1.54) is 36.1 Å². The number of hydrogen-bond acceptors (Lipinski definition) is 4. The van der Waals surface area contributed by atoms with Crippen molar-refractivity contribution in [3.8, 4) is 5.75 Å². The molecular weight excluding hydrogens is 282 g/mol. The van der Waals surface area contributed by atoms with E-state index in [0.29, 0.717) is 5.69 Å². The number of carbonyl (C=O) groups excluding carboxylic acids is 2. The smallest absolute Gasteiger partial charge is 0.339 e. The van der Waals surface area contributed by atoms with Crippen LogP contribution in [0.1, 0.15) is 17.3 Å². The maximum atomic E-state index is 12.3. The fourth-order valence-electron chi connectivity index (χ4n) is 1.96. The number of carbonyl (C=O) groups is 2. The topological polar surface area (TPSA) is 66.8 Å². The molecule has 0 saturated heterocycles. The molecule has 2 aromatic rings. The van der Waals surface area contributed by atoms with Gasteiger partial charge in [0, 0.05) is 12.7 Å². The lowest BCUT2D eigenvalue weighted by Gasteiger charge is -2.21. The number of anilines is 1. The second-order valence-corrected chi connectivity index (χ2v) is 4.83. The van der Waals surface area contributed by atoms with Crippen LogP contribution in [0.15, 0.2) is 54.6 Å². The zero-order valence-electron chi connectivity index (χ0n) is 12.4. The third kappa shape index (κ3) is 3.63. The predicted octanol–water partition coefficient (Wildman–Crippen LogP) is 2.60. The standard InChI is InChI=1S/C17H17NO4/c1-12(16(20)18(2)14-8-4-3-5-9-14)22-17(21)13-7-6-10-15(19)11-13/h3-12,19H,1-2H3/t12-/m0/s1. The van der Waals surface area contributed by atoms with Crippen LogP contribution < -0.4 is 4.90 Å². The number of nitrogens with zero attached hydrogens (tertiary/aromatic N) is 1. The lowest BCUT2D eigenvalue weighted by Crippen LogP contribution is -2.37. The van der Waals surface area contributed by atoms with E-state index >= 15 is 0 Å². The van der Waals surface area contributed by atoms with Gasteiger partial charge in [0.15, 0.2) is 6.10 Å². The highest BCUT2D eigenvalue weighted by atomic mass is 16.5. The van der Waals surface area contributed by atoms with Gasteiger partial charge < -0.3 is 14.7 Å². The normalized spacial score (nSPS) is 11.5. The number of rotatable bonds is 4. The first-order valence-electron chi connectivity index (χ1n) is 6.81. The van der Waals surface area contributed by atoms with Gasteiger partial charge in [0.05, 0.1) is 5.56 Å². The Morgan fingerprint density at radius 3 is 2.41 bits per heavy atom. The number of phenols is 1. The molecule has 22 heavy (non-hydrogen) atoms. The Bertz CT molecular complexity index is 669. The predicted molar refractivity (Wildman–Crippen MR) is 82.8 cm³/mol. The molecule has 2 aromatic carbocycles. The molecule has 114 valence electrons. The number of para-hydroxylation sites is 1. The molecule has 1 atom stereocenters. The Hall–Kier alpha value is -2.82. The van der Waals surface area contributed by atoms with Gasteiger partial charge in [-0.25, -0.2) is 4.79 Å². The second kappa shape index (κ2) is 6.76. The van der Waals surface area contributed by atoms with Gasteiger partial charge in [-0.1, -0.05) is 24.3 Å². The van der Waals surface area contributed by atoms with Crippen molar-refractivity contribution in [3.63, 3.8) is 0 Å². The Balaban J connectivity index is 2.04. The van der Waals surface area contributed by atoms with Gasteiger partial charge in [-0.15, -0.1) is 0 Å². The molecule has 0 saturated carbocycles. The number of aromatic hydroxyl groups is 1. The van der Waals surface area contributed by atoms with Crippen molar-refractivity contribution in [2.24, 2.45) is 0 Å². The Morgan fingerprint density at radius 2 is 1.77 bits per heavy atom. The quantitative estimate of drug-likeness (QED) is 0.881. The van der Waals surface area contributed by atoms with Crippen LogP contribution >= 0.6 is 0 Å². The molecule has 0 heterocycles. The minimum absolute atomic E-state index is 0.0326. The summed E-state index contributed by atoms with van der Waals surface area (Å²) in [5, 5.41) is 9.36. The average Bonchev–Trinajstić information content (AvgIpc) is 2.54. The summed E-state index contributed by atoms with van der Waals surface area (Å²) in [7, 11) is 1.62. The zero-order chi connectivity index (χ0) is 16.1. The van der Waals surface area contributed by atoms with Gasteiger partial charge in [-0.3, -0.25) is 4.79 Å². The van der Waals surface area contributed by atoms with Crippen molar-refractivity contribution < 1.29 is 19.4 Å². The number of hydrogen-bond donors (Lipinski definition) is 1. The van der Waals surface area contributed by atoms with E-state index in [9.17, 15) is 14.7 Å². The van der Waals surface area contributed by atoms with Crippen LogP contribution in [0.5, 0.6) is 5.75 Å². The van der Waals surface area contributed by atoms with Crippen molar-refractivity contribution >= 4 is 17.6 Å². The van der Waals surface area contributed by atoms with Crippen LogP contribution in [-0.2, 0) is 9.53 Å². The van der Waals surface area contributed by atoms with Crippen molar-refractivity contribution in [2.75, 3.05) is 11.9 Å². The van der Waals surface area contributed by atoms with Crippen LogP contribution in [0.2, 0.25) is 0 Å². The number of phenolic OH excluding ortho intramolecular Hbond substituents is 1. The number of amides is 1. The molecule has 0 aromatic heterocycles. The molecule has 5 heteroatoms. The van der Waals surface area contributed by atoms with Gasteiger partial charge >= 0.3 is 5.97 Å². The van der Waals surface area contributed by atoms with E-state index in [0.717, 1.165) is 0 Å². The molecule has 0 fully saturated rings. The molecule has 0 aliphatic rings. The molecule has 2 rings (SSSR count). The number of ether oxygens (including phenoxy) is 1. The first-order chi connectivity index (χ1) is 10.5. The molecule has 0 unspecified atom stereocenters. The summed E-state index contributed by atoms with van der Waals surface area (Å²) in [6, 6.07) is 14.9. The Kier molecular flexibility index (Phi) is 4.78. The summed E-state index contributed by atoms with van der Waals surface area (Å²) in [4.78, 5) is 25.7. The summed E-state index contributed by atoms with van der Waals surface area (Å²) < 4.78 is 5.15. The Labute approximate surface area is 128 Å². The summed E-state index contributed by atoms with van der Waals surface area (Å²) in [6.45, 7) is 1.52. The molecule has 0 spiro atoms. The van der Waals surface area contributed by atoms with Gasteiger partial charge in [0.1, 0.15) is 5.75 Å². The van der Waals surface area contributed by atoms with E-state index in [4.69, 9.17) is 4.74 Å². The molecule has 5 nitrogen and oxygen atoms in total. The fourth-order valence-corrected chi connectivity index (χ4v) is 1.96.